The Morgan fingerprint density at radius 3 is 2.54 bits per heavy atom. The minimum atomic E-state index is 0.114. The third-order valence-corrected chi connectivity index (χ3v) is 6.60. The molecule has 1 amide bonds. The number of nitrogens with zero attached hydrogens (tertiary/aromatic N) is 3. The second kappa shape index (κ2) is 7.48. The molecule has 0 spiro atoms. The van der Waals surface area contributed by atoms with E-state index in [1.165, 1.54) is 36.8 Å². The molecule has 4 aliphatic rings. The number of ether oxygens (including phenoxy) is 1. The van der Waals surface area contributed by atoms with Gasteiger partial charge < -0.3 is 19.9 Å². The number of pyridine rings is 1. The second-order valence-electron chi connectivity index (χ2n) is 8.92. The van der Waals surface area contributed by atoms with Crippen LogP contribution in [0, 0.1) is 5.92 Å². The molecule has 1 saturated carbocycles. The van der Waals surface area contributed by atoms with Gasteiger partial charge in [-0.25, -0.2) is 4.98 Å². The zero-order valence-corrected chi connectivity index (χ0v) is 16.7. The SMILES string of the molecule is CN1CCC(COc2cc(C(=O)N3CC4=C(CNC4)C3)cc(C3CC3)n2)CC1. The number of nitrogens with one attached hydrogen (secondary N) is 1. The summed E-state index contributed by atoms with van der Waals surface area (Å²) in [7, 11) is 2.18. The van der Waals surface area contributed by atoms with Crippen molar-refractivity contribution in [3.63, 3.8) is 0 Å². The number of likely N-dealkylation sites (tertiary alicyclic amines) is 1. The van der Waals surface area contributed by atoms with E-state index in [4.69, 9.17) is 9.72 Å². The fourth-order valence-electron chi connectivity index (χ4n) is 4.54. The summed E-state index contributed by atoms with van der Waals surface area (Å²) < 4.78 is 6.11. The summed E-state index contributed by atoms with van der Waals surface area (Å²) in [6.45, 7) is 6.33. The normalized spacial score (nSPS) is 23.4. The highest BCUT2D eigenvalue weighted by molar-refractivity contribution is 5.95. The highest BCUT2D eigenvalue weighted by Gasteiger charge is 2.31. The number of piperidine rings is 1. The summed E-state index contributed by atoms with van der Waals surface area (Å²) in [5.74, 6) is 1.83. The van der Waals surface area contributed by atoms with Crippen LogP contribution in [0.25, 0.3) is 0 Å². The van der Waals surface area contributed by atoms with Crippen molar-refractivity contribution in [2.45, 2.75) is 31.6 Å². The average Bonchev–Trinajstić information content (AvgIpc) is 3.34. The van der Waals surface area contributed by atoms with Crippen LogP contribution in [-0.4, -0.2) is 73.6 Å². The van der Waals surface area contributed by atoms with E-state index in [9.17, 15) is 4.79 Å². The molecule has 0 bridgehead atoms. The first-order valence-corrected chi connectivity index (χ1v) is 10.7. The monoisotopic (exact) mass is 382 g/mol. The van der Waals surface area contributed by atoms with Gasteiger partial charge in [-0.15, -0.1) is 0 Å². The summed E-state index contributed by atoms with van der Waals surface area (Å²) in [6.07, 6.45) is 4.68. The maximum atomic E-state index is 13.2. The minimum Gasteiger partial charge on any atom is -0.477 e. The van der Waals surface area contributed by atoms with Crippen LogP contribution in [0.15, 0.2) is 23.3 Å². The van der Waals surface area contributed by atoms with E-state index in [0.717, 1.165) is 50.5 Å². The largest absolute Gasteiger partial charge is 0.477 e. The Morgan fingerprint density at radius 1 is 1.14 bits per heavy atom. The van der Waals surface area contributed by atoms with Crippen molar-refractivity contribution >= 4 is 5.91 Å². The van der Waals surface area contributed by atoms with Crippen LogP contribution in [0.5, 0.6) is 5.88 Å². The van der Waals surface area contributed by atoms with Gasteiger partial charge in [-0.05, 0) is 69.0 Å². The van der Waals surface area contributed by atoms with E-state index in [1.54, 1.807) is 0 Å². The molecule has 0 radical (unpaired) electrons. The van der Waals surface area contributed by atoms with E-state index in [2.05, 4.69) is 17.3 Å². The van der Waals surface area contributed by atoms with E-state index >= 15 is 0 Å². The summed E-state index contributed by atoms with van der Waals surface area (Å²) in [5, 5.41) is 3.37. The quantitative estimate of drug-likeness (QED) is 0.790. The van der Waals surface area contributed by atoms with Gasteiger partial charge in [0.15, 0.2) is 0 Å². The van der Waals surface area contributed by atoms with Crippen LogP contribution >= 0.6 is 0 Å². The van der Waals surface area contributed by atoms with Gasteiger partial charge in [-0.3, -0.25) is 4.79 Å². The lowest BCUT2D eigenvalue weighted by atomic mass is 9.98. The van der Waals surface area contributed by atoms with E-state index in [-0.39, 0.29) is 5.91 Å². The van der Waals surface area contributed by atoms with Crippen molar-refractivity contribution < 1.29 is 9.53 Å². The fraction of sp³-hybridized carbons (Fsp3) is 0.636. The predicted molar refractivity (Wildman–Crippen MR) is 108 cm³/mol. The van der Waals surface area contributed by atoms with Crippen molar-refractivity contribution in [3.05, 3.63) is 34.5 Å². The summed E-state index contributed by atoms with van der Waals surface area (Å²) >= 11 is 0. The first-order chi connectivity index (χ1) is 13.7. The minimum absolute atomic E-state index is 0.114. The number of aromatic nitrogens is 1. The Morgan fingerprint density at radius 2 is 1.86 bits per heavy atom. The summed E-state index contributed by atoms with van der Waals surface area (Å²) in [6, 6.07) is 3.87. The number of hydrogen-bond donors (Lipinski definition) is 1. The van der Waals surface area contributed by atoms with Crippen molar-refractivity contribution in [1.82, 2.24) is 20.1 Å². The van der Waals surface area contributed by atoms with Crippen molar-refractivity contribution in [2.24, 2.45) is 5.92 Å². The molecule has 0 unspecified atom stereocenters. The Kier molecular flexibility index (Phi) is 4.85. The van der Waals surface area contributed by atoms with Crippen LogP contribution in [0.4, 0.5) is 0 Å². The smallest absolute Gasteiger partial charge is 0.254 e. The molecular formula is C22H30N4O2. The standard InChI is InChI=1S/C22H30N4O2/c1-25-6-4-15(5-7-25)14-28-21-9-17(8-20(24-21)16-2-3-16)22(27)26-12-18-10-23-11-19(18)13-26/h8-9,15-16,23H,2-7,10-14H2,1H3. The van der Waals surface area contributed by atoms with Crippen molar-refractivity contribution in [2.75, 3.05) is 52.9 Å². The molecule has 0 aromatic carbocycles. The lowest BCUT2D eigenvalue weighted by Crippen LogP contribution is -2.33. The number of amides is 1. The maximum absolute atomic E-state index is 13.2. The maximum Gasteiger partial charge on any atom is 0.254 e. The van der Waals surface area contributed by atoms with Crippen LogP contribution in [0.3, 0.4) is 0 Å². The molecule has 0 atom stereocenters. The predicted octanol–water partition coefficient (Wildman–Crippen LogP) is 2.04. The molecule has 5 rings (SSSR count). The van der Waals surface area contributed by atoms with Gasteiger partial charge in [-0.2, -0.15) is 0 Å². The first-order valence-electron chi connectivity index (χ1n) is 10.7. The third kappa shape index (κ3) is 3.80. The number of rotatable bonds is 5. The number of carbonyl (C=O) groups is 1. The van der Waals surface area contributed by atoms with Crippen LogP contribution in [0.1, 0.15) is 47.7 Å². The highest BCUT2D eigenvalue weighted by atomic mass is 16.5. The van der Waals surface area contributed by atoms with Gasteiger partial charge in [0.25, 0.3) is 5.91 Å². The summed E-state index contributed by atoms with van der Waals surface area (Å²) in [4.78, 5) is 22.2. The zero-order chi connectivity index (χ0) is 19.1. The highest BCUT2D eigenvalue weighted by Crippen LogP contribution is 2.40. The van der Waals surface area contributed by atoms with Gasteiger partial charge in [0.05, 0.1) is 6.61 Å². The lowest BCUT2D eigenvalue weighted by molar-refractivity contribution is 0.0793. The molecule has 1 N–H and O–H groups in total. The molecule has 150 valence electrons. The Labute approximate surface area is 166 Å². The van der Waals surface area contributed by atoms with Gasteiger partial charge in [0.2, 0.25) is 5.88 Å². The van der Waals surface area contributed by atoms with Gasteiger partial charge in [0.1, 0.15) is 0 Å². The molecule has 4 heterocycles. The lowest BCUT2D eigenvalue weighted by Gasteiger charge is -2.28. The molecule has 6 nitrogen and oxygen atoms in total. The van der Waals surface area contributed by atoms with Gasteiger partial charge >= 0.3 is 0 Å². The van der Waals surface area contributed by atoms with Crippen LogP contribution < -0.4 is 10.1 Å². The molecule has 2 fully saturated rings. The van der Waals surface area contributed by atoms with Crippen LogP contribution in [0.2, 0.25) is 0 Å². The molecule has 1 aliphatic carbocycles. The molecule has 1 saturated heterocycles. The molecular weight excluding hydrogens is 352 g/mol. The van der Waals surface area contributed by atoms with Gasteiger partial charge in [-0.1, -0.05) is 0 Å². The fourth-order valence-corrected chi connectivity index (χ4v) is 4.54. The van der Waals surface area contributed by atoms with Crippen molar-refractivity contribution in [3.8, 4) is 5.88 Å². The third-order valence-electron chi connectivity index (χ3n) is 6.60. The number of carbonyl (C=O) groups excluding carboxylic acids is 1. The Bertz CT molecular complexity index is 778. The second-order valence-corrected chi connectivity index (χ2v) is 8.92. The van der Waals surface area contributed by atoms with Crippen molar-refractivity contribution in [1.29, 1.82) is 0 Å². The Hall–Kier alpha value is -1.92. The number of hydrogen-bond acceptors (Lipinski definition) is 5. The zero-order valence-electron chi connectivity index (χ0n) is 16.7. The van der Waals surface area contributed by atoms with E-state index in [1.807, 2.05) is 17.0 Å². The average molecular weight is 383 g/mol. The molecule has 1 aromatic rings. The topological polar surface area (TPSA) is 57.7 Å². The summed E-state index contributed by atoms with van der Waals surface area (Å²) in [5.41, 5.74) is 4.56. The first kappa shape index (κ1) is 18.1. The van der Waals surface area contributed by atoms with E-state index in [0.29, 0.717) is 24.3 Å². The molecule has 28 heavy (non-hydrogen) atoms. The molecule has 6 heteroatoms. The van der Waals surface area contributed by atoms with E-state index < -0.39 is 0 Å². The molecule has 3 aliphatic heterocycles. The Balaban J connectivity index is 1.28. The van der Waals surface area contributed by atoms with Gasteiger partial charge in [0, 0.05) is 49.4 Å². The van der Waals surface area contributed by atoms with Crippen LogP contribution in [-0.2, 0) is 0 Å². The molecule has 1 aromatic heterocycles.